The van der Waals surface area contributed by atoms with Crippen LogP contribution in [-0.4, -0.2) is 4.98 Å². The van der Waals surface area contributed by atoms with E-state index in [1.807, 2.05) is 37.3 Å². The molecule has 0 aliphatic carbocycles. The van der Waals surface area contributed by atoms with Crippen LogP contribution < -0.4 is 5.73 Å². The van der Waals surface area contributed by atoms with Gasteiger partial charge in [-0.2, -0.15) is 0 Å². The van der Waals surface area contributed by atoms with Gasteiger partial charge in [-0.1, -0.05) is 24.3 Å². The van der Waals surface area contributed by atoms with Crippen molar-refractivity contribution in [2.45, 2.75) is 13.8 Å². The Labute approximate surface area is 89.8 Å². The third-order valence-electron chi connectivity index (χ3n) is 2.47. The summed E-state index contributed by atoms with van der Waals surface area (Å²) in [5, 5.41) is 0. The van der Waals surface area contributed by atoms with Gasteiger partial charge in [-0.3, -0.25) is 4.98 Å². The highest BCUT2D eigenvalue weighted by atomic mass is 14.8. The standard InChI is InChI=1S/C13H14N2/c1-9-5-3-4-6-11(9)13-12(14)8-7-10(2)15-13/h3-8H,14H2,1-2H3. The molecular formula is C13H14N2. The molecule has 0 atom stereocenters. The lowest BCUT2D eigenvalue weighted by molar-refractivity contribution is 1.20. The van der Waals surface area contributed by atoms with Gasteiger partial charge in [-0.15, -0.1) is 0 Å². The van der Waals surface area contributed by atoms with Gasteiger partial charge in [0.15, 0.2) is 0 Å². The molecule has 15 heavy (non-hydrogen) atoms. The molecule has 2 N–H and O–H groups in total. The van der Waals surface area contributed by atoms with E-state index in [4.69, 9.17) is 5.73 Å². The molecule has 0 radical (unpaired) electrons. The zero-order valence-corrected chi connectivity index (χ0v) is 8.99. The van der Waals surface area contributed by atoms with Gasteiger partial charge in [-0.05, 0) is 31.5 Å². The first kappa shape index (κ1) is 9.71. The highest BCUT2D eigenvalue weighted by Crippen LogP contribution is 2.26. The lowest BCUT2D eigenvalue weighted by Crippen LogP contribution is -1.96. The zero-order chi connectivity index (χ0) is 10.8. The van der Waals surface area contributed by atoms with Crippen molar-refractivity contribution in [3.63, 3.8) is 0 Å². The number of nitrogen functional groups attached to an aromatic ring is 1. The number of hydrogen-bond acceptors (Lipinski definition) is 2. The summed E-state index contributed by atoms with van der Waals surface area (Å²) in [6, 6.07) is 12.0. The van der Waals surface area contributed by atoms with Crippen LogP contribution in [0.15, 0.2) is 36.4 Å². The van der Waals surface area contributed by atoms with Gasteiger partial charge in [-0.25, -0.2) is 0 Å². The molecule has 1 aromatic heterocycles. The number of benzene rings is 1. The van der Waals surface area contributed by atoms with Crippen molar-refractivity contribution in [2.75, 3.05) is 5.73 Å². The van der Waals surface area contributed by atoms with Crippen molar-refractivity contribution in [3.8, 4) is 11.3 Å². The molecule has 0 saturated carbocycles. The van der Waals surface area contributed by atoms with Crippen molar-refractivity contribution in [1.29, 1.82) is 0 Å². The SMILES string of the molecule is Cc1ccc(N)c(-c2ccccc2C)n1. The quantitative estimate of drug-likeness (QED) is 0.765. The number of nitrogens with zero attached hydrogens (tertiary/aromatic N) is 1. The van der Waals surface area contributed by atoms with Crippen LogP contribution in [0.5, 0.6) is 0 Å². The summed E-state index contributed by atoms with van der Waals surface area (Å²) < 4.78 is 0. The van der Waals surface area contributed by atoms with E-state index >= 15 is 0 Å². The largest absolute Gasteiger partial charge is 0.397 e. The van der Waals surface area contributed by atoms with E-state index in [0.29, 0.717) is 0 Å². The highest BCUT2D eigenvalue weighted by molar-refractivity contribution is 5.74. The second kappa shape index (κ2) is 3.73. The van der Waals surface area contributed by atoms with E-state index in [1.165, 1.54) is 5.56 Å². The molecule has 0 spiro atoms. The predicted molar refractivity (Wildman–Crippen MR) is 63.6 cm³/mol. The van der Waals surface area contributed by atoms with E-state index < -0.39 is 0 Å². The second-order valence-electron chi connectivity index (χ2n) is 3.71. The molecule has 1 aromatic carbocycles. The minimum atomic E-state index is 0.731. The average molecular weight is 198 g/mol. The van der Waals surface area contributed by atoms with Crippen LogP contribution in [0.1, 0.15) is 11.3 Å². The van der Waals surface area contributed by atoms with E-state index in [2.05, 4.69) is 18.0 Å². The maximum absolute atomic E-state index is 5.93. The zero-order valence-electron chi connectivity index (χ0n) is 8.99. The van der Waals surface area contributed by atoms with Gasteiger partial charge in [0.05, 0.1) is 11.4 Å². The molecule has 0 saturated heterocycles. The van der Waals surface area contributed by atoms with Gasteiger partial charge in [0, 0.05) is 11.3 Å². The van der Waals surface area contributed by atoms with E-state index in [0.717, 1.165) is 22.6 Å². The molecule has 2 heteroatoms. The van der Waals surface area contributed by atoms with E-state index in [1.54, 1.807) is 0 Å². The fourth-order valence-corrected chi connectivity index (χ4v) is 1.62. The first-order valence-electron chi connectivity index (χ1n) is 4.97. The molecule has 0 amide bonds. The summed E-state index contributed by atoms with van der Waals surface area (Å²) >= 11 is 0. The Morgan fingerprint density at radius 3 is 2.47 bits per heavy atom. The lowest BCUT2D eigenvalue weighted by Gasteiger charge is -2.08. The summed E-state index contributed by atoms with van der Waals surface area (Å²) in [4.78, 5) is 4.48. The van der Waals surface area contributed by atoms with Crippen LogP contribution in [-0.2, 0) is 0 Å². The van der Waals surface area contributed by atoms with Crippen molar-refractivity contribution >= 4 is 5.69 Å². The number of aromatic nitrogens is 1. The smallest absolute Gasteiger partial charge is 0.0936 e. The number of nitrogens with two attached hydrogens (primary N) is 1. The molecule has 0 bridgehead atoms. The van der Waals surface area contributed by atoms with Gasteiger partial charge in [0.2, 0.25) is 0 Å². The Balaban J connectivity index is 2.64. The molecule has 2 rings (SSSR count). The Bertz CT molecular complexity index is 490. The van der Waals surface area contributed by atoms with E-state index in [-0.39, 0.29) is 0 Å². The fraction of sp³-hybridized carbons (Fsp3) is 0.154. The van der Waals surface area contributed by atoms with Crippen LogP contribution in [0, 0.1) is 13.8 Å². The van der Waals surface area contributed by atoms with Crippen molar-refractivity contribution in [1.82, 2.24) is 4.98 Å². The summed E-state index contributed by atoms with van der Waals surface area (Å²) in [6.45, 7) is 4.04. The summed E-state index contributed by atoms with van der Waals surface area (Å²) in [5.41, 5.74) is 10.8. The minimum Gasteiger partial charge on any atom is -0.397 e. The van der Waals surface area contributed by atoms with Crippen molar-refractivity contribution in [3.05, 3.63) is 47.7 Å². The van der Waals surface area contributed by atoms with Crippen LogP contribution in [0.3, 0.4) is 0 Å². The molecule has 0 aliphatic rings. The highest BCUT2D eigenvalue weighted by Gasteiger charge is 2.06. The van der Waals surface area contributed by atoms with Crippen LogP contribution in [0.25, 0.3) is 11.3 Å². The van der Waals surface area contributed by atoms with Crippen LogP contribution >= 0.6 is 0 Å². The molecule has 0 unspecified atom stereocenters. The maximum atomic E-state index is 5.93. The van der Waals surface area contributed by atoms with Gasteiger partial charge in [0.1, 0.15) is 0 Å². The van der Waals surface area contributed by atoms with Crippen LogP contribution in [0.2, 0.25) is 0 Å². The molecule has 1 heterocycles. The number of pyridine rings is 1. The summed E-state index contributed by atoms with van der Waals surface area (Å²) in [6.07, 6.45) is 0. The lowest BCUT2D eigenvalue weighted by atomic mass is 10.0. The van der Waals surface area contributed by atoms with Crippen molar-refractivity contribution in [2.24, 2.45) is 0 Å². The third-order valence-corrected chi connectivity index (χ3v) is 2.47. The number of aryl methyl sites for hydroxylation is 2. The number of hydrogen-bond donors (Lipinski definition) is 1. The molecular weight excluding hydrogens is 184 g/mol. The number of anilines is 1. The van der Waals surface area contributed by atoms with Crippen molar-refractivity contribution < 1.29 is 0 Å². The van der Waals surface area contributed by atoms with Crippen LogP contribution in [0.4, 0.5) is 5.69 Å². The molecule has 0 fully saturated rings. The van der Waals surface area contributed by atoms with Gasteiger partial charge < -0.3 is 5.73 Å². The fourth-order valence-electron chi connectivity index (χ4n) is 1.62. The predicted octanol–water partition coefficient (Wildman–Crippen LogP) is 2.95. The summed E-state index contributed by atoms with van der Waals surface area (Å²) in [5.74, 6) is 0. The monoisotopic (exact) mass is 198 g/mol. The van der Waals surface area contributed by atoms with E-state index in [9.17, 15) is 0 Å². The molecule has 2 aromatic rings. The molecule has 76 valence electrons. The summed E-state index contributed by atoms with van der Waals surface area (Å²) in [7, 11) is 0. The third kappa shape index (κ3) is 1.84. The Kier molecular flexibility index (Phi) is 2.42. The molecule has 2 nitrogen and oxygen atoms in total. The Hall–Kier alpha value is -1.83. The first-order chi connectivity index (χ1) is 7.18. The molecule has 0 aliphatic heterocycles. The Morgan fingerprint density at radius 2 is 1.73 bits per heavy atom. The topological polar surface area (TPSA) is 38.9 Å². The normalized spacial score (nSPS) is 10.3. The minimum absolute atomic E-state index is 0.731. The number of rotatable bonds is 1. The Morgan fingerprint density at radius 1 is 1.00 bits per heavy atom. The average Bonchev–Trinajstić information content (AvgIpc) is 2.23. The first-order valence-corrected chi connectivity index (χ1v) is 4.97. The van der Waals surface area contributed by atoms with Gasteiger partial charge >= 0.3 is 0 Å². The van der Waals surface area contributed by atoms with Gasteiger partial charge in [0.25, 0.3) is 0 Å². The second-order valence-corrected chi connectivity index (χ2v) is 3.71. The maximum Gasteiger partial charge on any atom is 0.0936 e.